The molecule has 1 saturated heterocycles. The summed E-state index contributed by atoms with van der Waals surface area (Å²) in [6.07, 6.45) is -0.513. The second kappa shape index (κ2) is 13.8. The van der Waals surface area contributed by atoms with Crippen LogP contribution >= 0.6 is 0 Å². The molecule has 1 fully saturated rings. The summed E-state index contributed by atoms with van der Waals surface area (Å²) in [5.74, 6) is 1.18. The number of nitro groups is 1. The molecule has 3 heterocycles. The molecule has 2 aliphatic heterocycles. The first-order valence-corrected chi connectivity index (χ1v) is 15.7. The zero-order chi connectivity index (χ0) is 33.0. The van der Waals surface area contributed by atoms with Gasteiger partial charge in [0.05, 0.1) is 5.56 Å². The van der Waals surface area contributed by atoms with Crippen molar-refractivity contribution in [3.63, 3.8) is 0 Å². The van der Waals surface area contributed by atoms with Gasteiger partial charge in [-0.3, -0.25) is 4.57 Å². The van der Waals surface area contributed by atoms with E-state index in [1.807, 2.05) is 36.4 Å². The Morgan fingerprint density at radius 1 is 0.936 bits per heavy atom. The molecule has 13 heteroatoms. The molecular weight excluding hydrogens is 615 g/mol. The highest BCUT2D eigenvalue weighted by atomic mass is 19.4. The quantitative estimate of drug-likeness (QED) is 0.125. The summed E-state index contributed by atoms with van der Waals surface area (Å²) in [6.45, 7) is 5.96. The summed E-state index contributed by atoms with van der Waals surface area (Å²) in [4.78, 5) is 19.2. The molecule has 1 aromatic heterocycles. The minimum Gasteiger partial charge on any atom is -0.490 e. The SMILES string of the molecule is CCN(c1ccc(OCc2ccc(C(F)(F)F)cc2)cc1)C1CCN(c2ccc(OCC3CCn4cc([N+](=O)[O-])nc4O3)cc2)CC1. The predicted octanol–water partition coefficient (Wildman–Crippen LogP) is 7.11. The summed E-state index contributed by atoms with van der Waals surface area (Å²) in [6, 6.07) is 21.6. The number of hydrogen-bond acceptors (Lipinski definition) is 8. The number of aromatic nitrogens is 2. The molecular formula is C34H36F3N5O5. The first-order chi connectivity index (χ1) is 22.7. The van der Waals surface area contributed by atoms with Crippen LogP contribution < -0.4 is 24.0 Å². The molecule has 0 amide bonds. The number of halogens is 3. The third-order valence-electron chi connectivity index (χ3n) is 8.62. The predicted molar refractivity (Wildman–Crippen MR) is 170 cm³/mol. The fourth-order valence-electron chi connectivity index (χ4n) is 6.06. The van der Waals surface area contributed by atoms with Crippen LogP contribution in [0.2, 0.25) is 0 Å². The Bertz CT molecular complexity index is 1640. The van der Waals surface area contributed by atoms with Crippen molar-refractivity contribution in [2.24, 2.45) is 0 Å². The molecule has 248 valence electrons. The van der Waals surface area contributed by atoms with Crippen molar-refractivity contribution in [1.82, 2.24) is 9.55 Å². The van der Waals surface area contributed by atoms with Gasteiger partial charge in [-0.15, -0.1) is 0 Å². The maximum atomic E-state index is 12.8. The number of imidazole rings is 1. The van der Waals surface area contributed by atoms with Crippen LogP contribution in [0.5, 0.6) is 17.5 Å². The van der Waals surface area contributed by atoms with E-state index >= 15 is 0 Å². The first kappa shape index (κ1) is 32.0. The fourth-order valence-corrected chi connectivity index (χ4v) is 6.06. The van der Waals surface area contributed by atoms with Gasteiger partial charge in [-0.2, -0.15) is 13.2 Å². The van der Waals surface area contributed by atoms with Crippen LogP contribution in [0.1, 0.15) is 37.3 Å². The summed E-state index contributed by atoms with van der Waals surface area (Å²) in [5, 5.41) is 11.0. The number of fused-ring (bicyclic) bond motifs is 1. The van der Waals surface area contributed by atoms with Gasteiger partial charge in [0, 0.05) is 55.0 Å². The highest BCUT2D eigenvalue weighted by Crippen LogP contribution is 2.31. The molecule has 1 unspecified atom stereocenters. The van der Waals surface area contributed by atoms with E-state index in [-0.39, 0.29) is 24.5 Å². The molecule has 4 aromatic rings. The van der Waals surface area contributed by atoms with Crippen molar-refractivity contribution in [2.75, 3.05) is 36.0 Å². The molecule has 10 nitrogen and oxygen atoms in total. The molecule has 1 atom stereocenters. The highest BCUT2D eigenvalue weighted by Gasteiger charge is 2.30. The van der Waals surface area contributed by atoms with Crippen molar-refractivity contribution < 1.29 is 32.3 Å². The topological polar surface area (TPSA) is 95.1 Å². The maximum absolute atomic E-state index is 12.8. The second-order valence-electron chi connectivity index (χ2n) is 11.6. The number of alkyl halides is 3. The molecule has 47 heavy (non-hydrogen) atoms. The third-order valence-corrected chi connectivity index (χ3v) is 8.62. The molecule has 0 radical (unpaired) electrons. The monoisotopic (exact) mass is 651 g/mol. The number of benzene rings is 3. The number of nitrogens with zero attached hydrogens (tertiary/aromatic N) is 5. The number of piperidine rings is 1. The molecule has 0 spiro atoms. The number of aryl methyl sites for hydroxylation is 1. The van der Waals surface area contributed by atoms with Crippen molar-refractivity contribution in [1.29, 1.82) is 0 Å². The number of anilines is 2. The average molecular weight is 652 g/mol. The van der Waals surface area contributed by atoms with Gasteiger partial charge in [-0.1, -0.05) is 12.1 Å². The van der Waals surface area contributed by atoms with Gasteiger partial charge < -0.3 is 34.1 Å². The van der Waals surface area contributed by atoms with Gasteiger partial charge in [0.25, 0.3) is 0 Å². The van der Waals surface area contributed by atoms with Gasteiger partial charge in [-0.05, 0) is 90.9 Å². The Balaban J connectivity index is 0.956. The standard InChI is InChI=1S/C34H36F3N5O5/c1-2-41(27-9-13-29(14-10-27)45-22-24-3-5-25(6-4-24)34(35,36)37)28-15-18-39(19-16-28)26-7-11-30(12-8-26)46-23-31-17-20-40-21-32(42(43)44)38-33(40)47-31/h3-14,21,28,31H,2,15-20,22-23H2,1H3. The Morgan fingerprint density at radius 2 is 1.60 bits per heavy atom. The average Bonchev–Trinajstić information content (AvgIpc) is 3.52. The molecule has 0 N–H and O–H groups in total. The van der Waals surface area contributed by atoms with E-state index in [4.69, 9.17) is 14.2 Å². The van der Waals surface area contributed by atoms with Crippen LogP contribution in [0, 0.1) is 10.1 Å². The van der Waals surface area contributed by atoms with Crippen LogP contribution in [0.15, 0.2) is 79.0 Å². The zero-order valence-corrected chi connectivity index (χ0v) is 25.9. The summed E-state index contributed by atoms with van der Waals surface area (Å²) in [5.41, 5.74) is 2.25. The Labute approximate surface area is 270 Å². The van der Waals surface area contributed by atoms with E-state index < -0.39 is 16.7 Å². The van der Waals surface area contributed by atoms with Gasteiger partial charge >= 0.3 is 18.0 Å². The zero-order valence-electron chi connectivity index (χ0n) is 25.9. The van der Waals surface area contributed by atoms with Gasteiger partial charge in [0.1, 0.15) is 37.0 Å². The van der Waals surface area contributed by atoms with Crippen molar-refractivity contribution in [2.45, 2.75) is 57.7 Å². The summed E-state index contributed by atoms with van der Waals surface area (Å²) >= 11 is 0. The lowest BCUT2D eigenvalue weighted by Gasteiger charge is -2.40. The minimum absolute atomic E-state index is 0.191. The van der Waals surface area contributed by atoms with Crippen LogP contribution in [0.3, 0.4) is 0 Å². The van der Waals surface area contributed by atoms with Gasteiger partial charge in [0.15, 0.2) is 0 Å². The van der Waals surface area contributed by atoms with E-state index in [9.17, 15) is 23.3 Å². The normalized spacial score (nSPS) is 16.7. The lowest BCUT2D eigenvalue weighted by molar-refractivity contribution is -0.389. The smallest absolute Gasteiger partial charge is 0.416 e. The highest BCUT2D eigenvalue weighted by molar-refractivity contribution is 5.52. The summed E-state index contributed by atoms with van der Waals surface area (Å²) < 4.78 is 57.7. The third kappa shape index (κ3) is 7.72. The first-order valence-electron chi connectivity index (χ1n) is 15.7. The van der Waals surface area contributed by atoms with E-state index in [1.165, 1.54) is 18.3 Å². The Hall–Kier alpha value is -4.94. The van der Waals surface area contributed by atoms with E-state index in [1.54, 1.807) is 4.57 Å². The molecule has 2 aliphatic rings. The van der Waals surface area contributed by atoms with Crippen molar-refractivity contribution in [3.05, 3.63) is 100 Å². The Morgan fingerprint density at radius 3 is 2.23 bits per heavy atom. The largest absolute Gasteiger partial charge is 0.490 e. The lowest BCUT2D eigenvalue weighted by atomic mass is 10.0. The van der Waals surface area contributed by atoms with Crippen LogP contribution in [-0.2, 0) is 19.3 Å². The van der Waals surface area contributed by atoms with E-state index in [0.717, 1.165) is 61.7 Å². The molecule has 0 saturated carbocycles. The van der Waals surface area contributed by atoms with Crippen LogP contribution in [0.4, 0.5) is 30.4 Å². The van der Waals surface area contributed by atoms with E-state index in [2.05, 4.69) is 33.8 Å². The number of ether oxygens (including phenoxy) is 3. The molecule has 6 rings (SSSR count). The number of hydrogen-bond donors (Lipinski definition) is 0. The molecule has 0 bridgehead atoms. The minimum atomic E-state index is -4.35. The number of rotatable bonds is 11. The van der Waals surface area contributed by atoms with Gasteiger partial charge in [-0.25, -0.2) is 0 Å². The van der Waals surface area contributed by atoms with Crippen LogP contribution in [0.25, 0.3) is 0 Å². The lowest BCUT2D eigenvalue weighted by Crippen LogP contribution is -2.45. The molecule has 0 aliphatic carbocycles. The Kier molecular flexibility index (Phi) is 9.41. The summed E-state index contributed by atoms with van der Waals surface area (Å²) in [7, 11) is 0. The van der Waals surface area contributed by atoms with E-state index in [0.29, 0.717) is 36.9 Å². The second-order valence-corrected chi connectivity index (χ2v) is 11.6. The fraction of sp³-hybridized carbons (Fsp3) is 0.382. The van der Waals surface area contributed by atoms with Crippen molar-refractivity contribution in [3.8, 4) is 17.5 Å². The van der Waals surface area contributed by atoms with Gasteiger partial charge in [0.2, 0.25) is 0 Å². The van der Waals surface area contributed by atoms with Crippen LogP contribution in [-0.4, -0.2) is 52.9 Å². The molecule has 3 aromatic carbocycles. The van der Waals surface area contributed by atoms with Crippen molar-refractivity contribution >= 4 is 17.2 Å². The maximum Gasteiger partial charge on any atom is 0.416 e.